The van der Waals surface area contributed by atoms with Crippen LogP contribution in [0.15, 0.2) is 35.5 Å². The summed E-state index contributed by atoms with van der Waals surface area (Å²) in [5, 5.41) is 0. The number of esters is 1. The minimum Gasteiger partial charge on any atom is -0.446 e. The van der Waals surface area contributed by atoms with Crippen molar-refractivity contribution in [3.8, 4) is 0 Å². The van der Waals surface area contributed by atoms with E-state index in [0.29, 0.717) is 18.8 Å². The van der Waals surface area contributed by atoms with Crippen LogP contribution in [0.4, 0.5) is 0 Å². The molecular formula is C25H32O4. The molecule has 0 spiro atoms. The van der Waals surface area contributed by atoms with E-state index in [9.17, 15) is 14.4 Å². The van der Waals surface area contributed by atoms with Crippen molar-refractivity contribution in [3.05, 3.63) is 35.5 Å². The van der Waals surface area contributed by atoms with Gasteiger partial charge in [0.2, 0.25) is 0 Å². The van der Waals surface area contributed by atoms with Gasteiger partial charge in [-0.1, -0.05) is 32.1 Å². The van der Waals surface area contributed by atoms with Crippen LogP contribution in [-0.4, -0.2) is 23.1 Å². The van der Waals surface area contributed by atoms with Gasteiger partial charge in [-0.3, -0.25) is 14.4 Å². The van der Waals surface area contributed by atoms with Gasteiger partial charge in [-0.05, 0) is 79.9 Å². The number of carbonyl (C=O) groups is 3. The van der Waals surface area contributed by atoms with E-state index >= 15 is 0 Å². The molecular weight excluding hydrogens is 364 g/mol. The van der Waals surface area contributed by atoms with E-state index in [-0.39, 0.29) is 28.8 Å². The zero-order valence-electron chi connectivity index (χ0n) is 18.3. The highest BCUT2D eigenvalue weighted by Crippen LogP contribution is 2.68. The van der Waals surface area contributed by atoms with Gasteiger partial charge in [0.15, 0.2) is 17.2 Å². The molecule has 0 unspecified atom stereocenters. The largest absolute Gasteiger partial charge is 0.446 e. The fraction of sp³-hybridized carbons (Fsp3) is 0.640. The van der Waals surface area contributed by atoms with Crippen LogP contribution in [0.2, 0.25) is 0 Å². The van der Waals surface area contributed by atoms with Crippen molar-refractivity contribution >= 4 is 17.5 Å². The predicted molar refractivity (Wildman–Crippen MR) is 111 cm³/mol. The molecule has 0 bridgehead atoms. The smallest absolute Gasteiger partial charge is 0.303 e. The van der Waals surface area contributed by atoms with E-state index in [0.717, 1.165) is 24.8 Å². The van der Waals surface area contributed by atoms with Crippen LogP contribution in [-0.2, 0) is 19.1 Å². The van der Waals surface area contributed by atoms with E-state index in [1.54, 1.807) is 0 Å². The van der Waals surface area contributed by atoms with Crippen LogP contribution < -0.4 is 0 Å². The summed E-state index contributed by atoms with van der Waals surface area (Å²) in [6.07, 6.45) is 8.15. The number of hydrogen-bond acceptors (Lipinski definition) is 4. The number of rotatable bonds is 2. The monoisotopic (exact) mass is 396 g/mol. The minimum absolute atomic E-state index is 0.0109. The SMILES string of the molecule is C=C1C[C@H]2[C@@H]3C=C(C)C4=CC(=O)CC[C@]4(C)[C@H]3CC[C@]2(C)[C@]1(OC(C)=O)C(C)=O. The molecule has 0 aliphatic heterocycles. The molecule has 156 valence electrons. The van der Waals surface area contributed by atoms with Gasteiger partial charge in [-0.15, -0.1) is 0 Å². The Hall–Kier alpha value is -1.97. The van der Waals surface area contributed by atoms with Crippen molar-refractivity contribution in [2.75, 3.05) is 0 Å². The van der Waals surface area contributed by atoms with Gasteiger partial charge in [0.25, 0.3) is 0 Å². The van der Waals surface area contributed by atoms with Crippen LogP contribution in [0.25, 0.3) is 0 Å². The fourth-order valence-electron chi connectivity index (χ4n) is 7.50. The highest BCUT2D eigenvalue weighted by atomic mass is 16.6. The number of Topliss-reactive ketones (excluding diaryl/α,β-unsaturated/α-hetero) is 1. The molecule has 0 N–H and O–H groups in total. The Morgan fingerprint density at radius 1 is 1.17 bits per heavy atom. The summed E-state index contributed by atoms with van der Waals surface area (Å²) in [5.74, 6) is 0.595. The summed E-state index contributed by atoms with van der Waals surface area (Å²) in [5.41, 5.74) is 1.43. The summed E-state index contributed by atoms with van der Waals surface area (Å²) in [6, 6.07) is 0. The first-order valence-electron chi connectivity index (χ1n) is 10.8. The zero-order chi connectivity index (χ0) is 21.4. The van der Waals surface area contributed by atoms with E-state index in [2.05, 4.69) is 33.4 Å². The van der Waals surface area contributed by atoms with Gasteiger partial charge in [-0.25, -0.2) is 0 Å². The number of ketones is 2. The maximum absolute atomic E-state index is 12.9. The molecule has 4 aliphatic rings. The van der Waals surface area contributed by atoms with Gasteiger partial charge < -0.3 is 4.74 Å². The van der Waals surface area contributed by atoms with Crippen molar-refractivity contribution in [1.29, 1.82) is 0 Å². The molecule has 0 amide bonds. The number of ether oxygens (including phenoxy) is 1. The summed E-state index contributed by atoms with van der Waals surface area (Å²) >= 11 is 0. The maximum Gasteiger partial charge on any atom is 0.303 e. The lowest BCUT2D eigenvalue weighted by Gasteiger charge is -2.57. The van der Waals surface area contributed by atoms with E-state index in [4.69, 9.17) is 4.74 Å². The van der Waals surface area contributed by atoms with Gasteiger partial charge in [0.05, 0.1) is 0 Å². The molecule has 0 aromatic rings. The van der Waals surface area contributed by atoms with Crippen LogP contribution in [0.5, 0.6) is 0 Å². The van der Waals surface area contributed by atoms with Crippen molar-refractivity contribution < 1.29 is 19.1 Å². The molecule has 2 fully saturated rings. The number of hydrogen-bond donors (Lipinski definition) is 0. The molecule has 4 heteroatoms. The van der Waals surface area contributed by atoms with Crippen molar-refractivity contribution in [2.45, 2.75) is 72.3 Å². The summed E-state index contributed by atoms with van der Waals surface area (Å²) in [6.45, 7) is 13.7. The topological polar surface area (TPSA) is 60.4 Å². The van der Waals surface area contributed by atoms with E-state index < -0.39 is 17.0 Å². The number of allylic oxidation sites excluding steroid dienone is 4. The van der Waals surface area contributed by atoms with Crippen LogP contribution in [0.1, 0.15) is 66.7 Å². The Bertz CT molecular complexity index is 892. The summed E-state index contributed by atoms with van der Waals surface area (Å²) < 4.78 is 5.83. The highest BCUT2D eigenvalue weighted by Gasteiger charge is 2.69. The second-order valence-electron chi connectivity index (χ2n) is 10.2. The molecule has 2 saturated carbocycles. The Morgan fingerprint density at radius 2 is 1.86 bits per heavy atom. The number of fused-ring (bicyclic) bond motifs is 5. The minimum atomic E-state index is -1.23. The Morgan fingerprint density at radius 3 is 2.48 bits per heavy atom. The molecule has 0 heterocycles. The lowest BCUT2D eigenvalue weighted by Crippen LogP contribution is -2.58. The van der Waals surface area contributed by atoms with Crippen molar-refractivity contribution in [2.24, 2.45) is 28.6 Å². The third-order valence-corrected chi connectivity index (χ3v) is 8.78. The first kappa shape index (κ1) is 20.3. The lowest BCUT2D eigenvalue weighted by molar-refractivity contribution is -0.179. The molecule has 0 saturated heterocycles. The molecule has 4 nitrogen and oxygen atoms in total. The van der Waals surface area contributed by atoms with Crippen LogP contribution >= 0.6 is 0 Å². The average molecular weight is 397 g/mol. The first-order valence-corrected chi connectivity index (χ1v) is 10.8. The van der Waals surface area contributed by atoms with Crippen molar-refractivity contribution in [1.82, 2.24) is 0 Å². The zero-order valence-corrected chi connectivity index (χ0v) is 18.3. The standard InChI is InChI=1S/C25H32O4/c1-14-11-19-20(23(5)9-7-18(28)13-21(14)23)8-10-24(6)22(19)12-15(2)25(24,16(3)26)29-17(4)27/h11,13,19-20,22H,2,7-10,12H2,1,3-6H3/t19-,20+,22+,23-,24+,25-/m1/s1. The molecule has 29 heavy (non-hydrogen) atoms. The summed E-state index contributed by atoms with van der Waals surface area (Å²) in [4.78, 5) is 37.0. The third kappa shape index (κ3) is 2.47. The fourth-order valence-corrected chi connectivity index (χ4v) is 7.50. The molecule has 0 radical (unpaired) electrons. The quantitative estimate of drug-likeness (QED) is 0.500. The maximum atomic E-state index is 12.9. The second-order valence-corrected chi connectivity index (χ2v) is 10.2. The third-order valence-electron chi connectivity index (χ3n) is 8.78. The Balaban J connectivity index is 1.84. The predicted octanol–water partition coefficient (Wildman–Crippen LogP) is 4.74. The molecule has 4 rings (SSSR count). The number of carbonyl (C=O) groups excluding carboxylic acids is 3. The molecule has 0 aromatic carbocycles. The molecule has 6 atom stereocenters. The van der Waals surface area contributed by atoms with Gasteiger partial charge in [0.1, 0.15) is 0 Å². The van der Waals surface area contributed by atoms with E-state index in [1.807, 2.05) is 6.08 Å². The van der Waals surface area contributed by atoms with E-state index in [1.165, 1.54) is 25.0 Å². The van der Waals surface area contributed by atoms with Crippen LogP contribution in [0.3, 0.4) is 0 Å². The van der Waals surface area contributed by atoms with Crippen molar-refractivity contribution in [3.63, 3.8) is 0 Å². The second kappa shape index (κ2) is 6.26. The summed E-state index contributed by atoms with van der Waals surface area (Å²) in [7, 11) is 0. The molecule has 4 aliphatic carbocycles. The van der Waals surface area contributed by atoms with Gasteiger partial charge in [0, 0.05) is 18.8 Å². The molecule has 0 aromatic heterocycles. The lowest BCUT2D eigenvalue weighted by atomic mass is 9.47. The highest BCUT2D eigenvalue weighted by molar-refractivity contribution is 5.93. The van der Waals surface area contributed by atoms with Gasteiger partial charge >= 0.3 is 5.97 Å². The average Bonchev–Trinajstić information content (AvgIpc) is 2.85. The Kier molecular flexibility index (Phi) is 4.39. The normalized spacial score (nSPS) is 43.6. The van der Waals surface area contributed by atoms with Gasteiger partial charge in [-0.2, -0.15) is 0 Å². The van der Waals surface area contributed by atoms with Crippen LogP contribution in [0, 0.1) is 28.6 Å². The Labute approximate surface area is 173 Å². The first-order chi connectivity index (χ1) is 13.5.